The van der Waals surface area contributed by atoms with Crippen LogP contribution in [0.5, 0.6) is 5.75 Å². The van der Waals surface area contributed by atoms with Crippen LogP contribution < -0.4 is 10.1 Å². The van der Waals surface area contributed by atoms with Crippen LogP contribution in [0.25, 0.3) is 10.8 Å². The number of fused-ring (bicyclic) bond motifs is 1. The van der Waals surface area contributed by atoms with Gasteiger partial charge < -0.3 is 10.1 Å². The van der Waals surface area contributed by atoms with E-state index in [0.29, 0.717) is 0 Å². The van der Waals surface area contributed by atoms with Gasteiger partial charge in [0, 0.05) is 22.1 Å². The summed E-state index contributed by atoms with van der Waals surface area (Å²) in [7, 11) is 1.96. The van der Waals surface area contributed by atoms with Crippen LogP contribution in [0.3, 0.4) is 0 Å². The summed E-state index contributed by atoms with van der Waals surface area (Å²) in [5.41, 5.74) is 0. The van der Waals surface area contributed by atoms with Crippen molar-refractivity contribution in [3.05, 3.63) is 53.0 Å². The molecule has 0 aliphatic rings. The van der Waals surface area contributed by atoms with E-state index >= 15 is 0 Å². The van der Waals surface area contributed by atoms with E-state index in [0.717, 1.165) is 29.5 Å². The van der Waals surface area contributed by atoms with Gasteiger partial charge in [-0.15, -0.1) is 11.3 Å². The SMILES string of the molecule is CNCC[C@H](Oc1cccc2cnncc12)c1cccs1. The average molecular weight is 299 g/mol. The fraction of sp³-hybridized carbons (Fsp3) is 0.250. The first-order chi connectivity index (χ1) is 10.4. The Balaban J connectivity index is 1.90. The molecule has 0 saturated carbocycles. The molecule has 0 aliphatic heterocycles. The highest BCUT2D eigenvalue weighted by Gasteiger charge is 2.15. The number of aromatic nitrogens is 2. The summed E-state index contributed by atoms with van der Waals surface area (Å²) in [6.45, 7) is 0.910. The molecule has 2 heterocycles. The maximum atomic E-state index is 6.28. The third-order valence-corrected chi connectivity index (χ3v) is 4.30. The molecule has 0 aliphatic carbocycles. The van der Waals surface area contributed by atoms with Crippen molar-refractivity contribution in [2.24, 2.45) is 0 Å². The summed E-state index contributed by atoms with van der Waals surface area (Å²) in [5, 5.41) is 15.2. The number of ether oxygens (including phenoxy) is 1. The predicted octanol–water partition coefficient (Wildman–Crippen LogP) is 3.42. The first kappa shape index (κ1) is 14.0. The first-order valence-corrected chi connectivity index (χ1v) is 7.80. The van der Waals surface area contributed by atoms with Crippen LogP contribution in [0.4, 0.5) is 0 Å². The maximum Gasteiger partial charge on any atom is 0.134 e. The predicted molar refractivity (Wildman–Crippen MR) is 85.8 cm³/mol. The molecule has 3 aromatic rings. The quantitative estimate of drug-likeness (QED) is 0.757. The second-order valence-electron chi connectivity index (χ2n) is 4.76. The molecule has 0 spiro atoms. The summed E-state index contributed by atoms with van der Waals surface area (Å²) in [6.07, 6.45) is 4.49. The summed E-state index contributed by atoms with van der Waals surface area (Å²) in [6, 6.07) is 10.2. The third-order valence-electron chi connectivity index (χ3n) is 3.34. The zero-order chi connectivity index (χ0) is 14.5. The highest BCUT2D eigenvalue weighted by molar-refractivity contribution is 7.10. The summed E-state index contributed by atoms with van der Waals surface area (Å²) in [5.74, 6) is 0.858. The standard InChI is InChI=1S/C16H17N3OS/c1-17-8-7-15(16-6-3-9-21-16)20-14-5-2-4-12-10-18-19-11-13(12)14/h2-6,9-11,15,17H,7-8H2,1H3/t15-/m0/s1. The van der Waals surface area contributed by atoms with Crippen molar-refractivity contribution in [2.75, 3.05) is 13.6 Å². The Labute approximate surface area is 127 Å². The van der Waals surface area contributed by atoms with Crippen LogP contribution in [0.15, 0.2) is 48.1 Å². The Morgan fingerprint density at radius 1 is 1.19 bits per heavy atom. The largest absolute Gasteiger partial charge is 0.484 e. The van der Waals surface area contributed by atoms with E-state index < -0.39 is 0 Å². The van der Waals surface area contributed by atoms with E-state index in [1.807, 2.05) is 25.2 Å². The molecular weight excluding hydrogens is 282 g/mol. The lowest BCUT2D eigenvalue weighted by Gasteiger charge is -2.19. The third kappa shape index (κ3) is 3.20. The molecule has 3 rings (SSSR count). The van der Waals surface area contributed by atoms with Gasteiger partial charge in [-0.3, -0.25) is 0 Å². The van der Waals surface area contributed by atoms with Gasteiger partial charge >= 0.3 is 0 Å². The van der Waals surface area contributed by atoms with E-state index in [9.17, 15) is 0 Å². The molecule has 0 unspecified atom stereocenters. The summed E-state index contributed by atoms with van der Waals surface area (Å²) < 4.78 is 6.28. The molecule has 1 aromatic carbocycles. The van der Waals surface area contributed by atoms with Crippen molar-refractivity contribution in [3.8, 4) is 5.75 Å². The zero-order valence-electron chi connectivity index (χ0n) is 11.8. The van der Waals surface area contributed by atoms with Crippen molar-refractivity contribution >= 4 is 22.1 Å². The number of nitrogens with one attached hydrogen (secondary N) is 1. The Hall–Kier alpha value is -1.98. The van der Waals surface area contributed by atoms with E-state index in [1.165, 1.54) is 4.88 Å². The molecule has 2 aromatic heterocycles. The van der Waals surface area contributed by atoms with E-state index in [1.54, 1.807) is 23.7 Å². The van der Waals surface area contributed by atoms with Gasteiger partial charge in [0.25, 0.3) is 0 Å². The molecule has 108 valence electrons. The fourth-order valence-electron chi connectivity index (χ4n) is 2.26. The molecule has 1 atom stereocenters. The minimum Gasteiger partial charge on any atom is -0.484 e. The molecule has 0 saturated heterocycles. The Morgan fingerprint density at radius 2 is 2.10 bits per heavy atom. The topological polar surface area (TPSA) is 47.0 Å². The maximum absolute atomic E-state index is 6.28. The van der Waals surface area contributed by atoms with Gasteiger partial charge in [-0.1, -0.05) is 18.2 Å². The normalized spacial score (nSPS) is 12.4. The highest BCUT2D eigenvalue weighted by Crippen LogP contribution is 2.31. The van der Waals surface area contributed by atoms with Gasteiger partial charge in [-0.25, -0.2) is 0 Å². The first-order valence-electron chi connectivity index (χ1n) is 6.92. The van der Waals surface area contributed by atoms with Crippen molar-refractivity contribution in [1.82, 2.24) is 15.5 Å². The highest BCUT2D eigenvalue weighted by atomic mass is 32.1. The average Bonchev–Trinajstić information content (AvgIpc) is 3.06. The number of benzene rings is 1. The van der Waals surface area contributed by atoms with Gasteiger partial charge in [0.2, 0.25) is 0 Å². The van der Waals surface area contributed by atoms with Gasteiger partial charge in [0.05, 0.1) is 12.4 Å². The van der Waals surface area contributed by atoms with Crippen molar-refractivity contribution in [2.45, 2.75) is 12.5 Å². The lowest BCUT2D eigenvalue weighted by Crippen LogP contribution is -2.15. The Bertz CT molecular complexity index is 694. The van der Waals surface area contributed by atoms with E-state index in [-0.39, 0.29) is 6.10 Å². The Kier molecular flexibility index (Phi) is 4.43. The zero-order valence-corrected chi connectivity index (χ0v) is 12.6. The van der Waals surface area contributed by atoms with Crippen molar-refractivity contribution in [3.63, 3.8) is 0 Å². The van der Waals surface area contributed by atoms with Crippen LogP contribution in [-0.2, 0) is 0 Å². The fourth-order valence-corrected chi connectivity index (χ4v) is 3.05. The molecule has 21 heavy (non-hydrogen) atoms. The number of hydrogen-bond donors (Lipinski definition) is 1. The summed E-state index contributed by atoms with van der Waals surface area (Å²) >= 11 is 1.73. The van der Waals surface area contributed by atoms with Gasteiger partial charge in [0.15, 0.2) is 0 Å². The minimum atomic E-state index is 0.0521. The van der Waals surface area contributed by atoms with Crippen LogP contribution >= 0.6 is 11.3 Å². The van der Waals surface area contributed by atoms with Crippen LogP contribution in [0, 0.1) is 0 Å². The number of nitrogens with zero attached hydrogens (tertiary/aromatic N) is 2. The lowest BCUT2D eigenvalue weighted by molar-refractivity contribution is 0.201. The van der Waals surface area contributed by atoms with Gasteiger partial charge in [-0.2, -0.15) is 10.2 Å². The number of thiophene rings is 1. The molecule has 4 nitrogen and oxygen atoms in total. The second-order valence-corrected chi connectivity index (χ2v) is 5.74. The van der Waals surface area contributed by atoms with E-state index in [4.69, 9.17) is 4.74 Å². The lowest BCUT2D eigenvalue weighted by atomic mass is 10.1. The number of hydrogen-bond acceptors (Lipinski definition) is 5. The molecule has 0 radical (unpaired) electrons. The van der Waals surface area contributed by atoms with Crippen molar-refractivity contribution < 1.29 is 4.74 Å². The van der Waals surface area contributed by atoms with E-state index in [2.05, 4.69) is 33.0 Å². The molecular formula is C16H17N3OS. The monoisotopic (exact) mass is 299 g/mol. The van der Waals surface area contributed by atoms with Crippen molar-refractivity contribution in [1.29, 1.82) is 0 Å². The van der Waals surface area contributed by atoms with Gasteiger partial charge in [0.1, 0.15) is 11.9 Å². The van der Waals surface area contributed by atoms with Gasteiger partial charge in [-0.05, 0) is 31.1 Å². The Morgan fingerprint density at radius 3 is 2.90 bits per heavy atom. The second kappa shape index (κ2) is 6.65. The molecule has 5 heteroatoms. The number of rotatable bonds is 6. The molecule has 0 fully saturated rings. The van der Waals surface area contributed by atoms with Crippen LogP contribution in [0.1, 0.15) is 17.4 Å². The molecule has 1 N–H and O–H groups in total. The molecule has 0 amide bonds. The van der Waals surface area contributed by atoms with Crippen LogP contribution in [-0.4, -0.2) is 23.8 Å². The minimum absolute atomic E-state index is 0.0521. The smallest absolute Gasteiger partial charge is 0.134 e. The molecule has 0 bridgehead atoms. The van der Waals surface area contributed by atoms with Crippen LogP contribution in [0.2, 0.25) is 0 Å². The summed E-state index contributed by atoms with van der Waals surface area (Å²) in [4.78, 5) is 1.24.